The van der Waals surface area contributed by atoms with Crippen molar-refractivity contribution in [1.82, 2.24) is 15.1 Å². The molecule has 25 heavy (non-hydrogen) atoms. The van der Waals surface area contributed by atoms with E-state index in [1.807, 2.05) is 4.90 Å². The van der Waals surface area contributed by atoms with Crippen LogP contribution in [0.15, 0.2) is 24.3 Å². The number of halogens is 1. The van der Waals surface area contributed by atoms with Crippen LogP contribution in [0.2, 0.25) is 0 Å². The van der Waals surface area contributed by atoms with E-state index in [0.717, 1.165) is 19.4 Å². The zero-order valence-corrected chi connectivity index (χ0v) is 14.0. The monoisotopic (exact) mass is 347 g/mol. The average Bonchev–Trinajstić information content (AvgIpc) is 3.02. The zero-order chi connectivity index (χ0) is 17.8. The van der Waals surface area contributed by atoms with Gasteiger partial charge in [0.1, 0.15) is 5.82 Å². The summed E-state index contributed by atoms with van der Waals surface area (Å²) in [4.78, 5) is 39.8. The maximum absolute atomic E-state index is 13.0. The van der Waals surface area contributed by atoms with E-state index in [4.69, 9.17) is 0 Å². The summed E-state index contributed by atoms with van der Waals surface area (Å²) in [6.07, 6.45) is 2.12. The first-order valence-electron chi connectivity index (χ1n) is 8.60. The van der Waals surface area contributed by atoms with Crippen molar-refractivity contribution < 1.29 is 18.8 Å². The number of carbonyl (C=O) groups is 3. The van der Waals surface area contributed by atoms with Crippen LogP contribution in [0, 0.1) is 5.82 Å². The Morgan fingerprint density at radius 1 is 1.20 bits per heavy atom. The number of likely N-dealkylation sites (tertiary alicyclic amines) is 1. The van der Waals surface area contributed by atoms with Gasteiger partial charge in [-0.3, -0.25) is 19.3 Å². The van der Waals surface area contributed by atoms with Gasteiger partial charge in [-0.05, 0) is 43.7 Å². The second-order valence-electron chi connectivity index (χ2n) is 6.57. The van der Waals surface area contributed by atoms with Gasteiger partial charge in [0.2, 0.25) is 11.8 Å². The smallest absolute Gasteiger partial charge is 0.239 e. The van der Waals surface area contributed by atoms with E-state index >= 15 is 0 Å². The average molecular weight is 347 g/mol. The van der Waals surface area contributed by atoms with Crippen LogP contribution in [0.5, 0.6) is 0 Å². The highest BCUT2D eigenvalue weighted by molar-refractivity contribution is 5.96. The van der Waals surface area contributed by atoms with E-state index in [-0.39, 0.29) is 42.5 Å². The molecule has 2 fully saturated rings. The number of ketones is 1. The lowest BCUT2D eigenvalue weighted by molar-refractivity contribution is -0.139. The van der Waals surface area contributed by atoms with Gasteiger partial charge in [-0.15, -0.1) is 0 Å². The third-order valence-corrected chi connectivity index (χ3v) is 4.82. The van der Waals surface area contributed by atoms with Crippen LogP contribution in [0.1, 0.15) is 29.6 Å². The molecule has 1 aromatic carbocycles. The largest absolute Gasteiger partial charge is 0.353 e. The summed E-state index contributed by atoms with van der Waals surface area (Å²) in [7, 11) is 0. The van der Waals surface area contributed by atoms with E-state index in [1.165, 1.54) is 24.3 Å². The second-order valence-corrected chi connectivity index (χ2v) is 6.57. The van der Waals surface area contributed by atoms with Crippen LogP contribution in [0.3, 0.4) is 0 Å². The molecular formula is C18H22FN3O3. The van der Waals surface area contributed by atoms with E-state index in [1.54, 1.807) is 4.90 Å². The van der Waals surface area contributed by atoms with Crippen molar-refractivity contribution in [2.75, 3.05) is 32.7 Å². The van der Waals surface area contributed by atoms with Crippen molar-refractivity contribution in [3.63, 3.8) is 0 Å². The molecule has 2 amide bonds. The quantitative estimate of drug-likeness (QED) is 0.801. The third-order valence-electron chi connectivity index (χ3n) is 4.82. The Morgan fingerprint density at radius 3 is 2.68 bits per heavy atom. The molecule has 1 aromatic rings. The van der Waals surface area contributed by atoms with Gasteiger partial charge in [-0.1, -0.05) is 0 Å². The van der Waals surface area contributed by atoms with Gasteiger partial charge >= 0.3 is 0 Å². The van der Waals surface area contributed by atoms with Crippen LogP contribution in [-0.2, 0) is 9.59 Å². The van der Waals surface area contributed by atoms with Gasteiger partial charge in [-0.2, -0.15) is 0 Å². The molecule has 2 saturated heterocycles. The zero-order valence-electron chi connectivity index (χ0n) is 14.0. The first-order valence-corrected chi connectivity index (χ1v) is 8.60. The van der Waals surface area contributed by atoms with Crippen LogP contribution >= 0.6 is 0 Å². The number of benzene rings is 1. The molecule has 2 heterocycles. The molecule has 1 atom stereocenters. The lowest BCUT2D eigenvalue weighted by Gasteiger charge is -2.30. The molecule has 7 heteroatoms. The maximum atomic E-state index is 13.0. The molecule has 0 saturated carbocycles. The summed E-state index contributed by atoms with van der Waals surface area (Å²) in [5.41, 5.74) is 0.493. The number of piperazine rings is 1. The lowest BCUT2D eigenvalue weighted by Crippen LogP contribution is -2.52. The minimum atomic E-state index is -0.366. The van der Waals surface area contributed by atoms with Crippen molar-refractivity contribution in [3.8, 4) is 0 Å². The molecule has 0 aromatic heterocycles. The summed E-state index contributed by atoms with van der Waals surface area (Å²) in [6.45, 7) is 2.11. The first kappa shape index (κ1) is 17.5. The summed E-state index contributed by atoms with van der Waals surface area (Å²) in [6, 6.07) is 5.57. The fourth-order valence-electron chi connectivity index (χ4n) is 3.43. The molecule has 134 valence electrons. The molecule has 1 N–H and O–H groups in total. The van der Waals surface area contributed by atoms with E-state index in [9.17, 15) is 18.8 Å². The highest BCUT2D eigenvalue weighted by atomic mass is 19.1. The van der Waals surface area contributed by atoms with Gasteiger partial charge in [0.25, 0.3) is 0 Å². The van der Waals surface area contributed by atoms with Crippen LogP contribution < -0.4 is 5.32 Å². The third kappa shape index (κ3) is 4.42. The molecule has 2 aliphatic rings. The number of Topliss-reactive ketones (excluding diaryl/α,β-unsaturated/α-hetero) is 1. The normalized spacial score (nSPS) is 21.2. The van der Waals surface area contributed by atoms with E-state index in [2.05, 4.69) is 5.32 Å². The standard InChI is InChI=1S/C18H22FN3O3/c19-14-5-3-13(4-6-14)16(23)10-15-2-1-8-21(15)12-18(25)22-9-7-20-17(24)11-22/h3-6,15H,1-2,7-12H2,(H,20,24)/t15-/m0/s1. The highest BCUT2D eigenvalue weighted by Gasteiger charge is 2.30. The molecule has 0 unspecified atom stereocenters. The number of rotatable bonds is 5. The minimum absolute atomic E-state index is 0.0140. The summed E-state index contributed by atoms with van der Waals surface area (Å²) in [5, 5.41) is 2.70. The fraction of sp³-hybridized carbons (Fsp3) is 0.500. The molecule has 6 nitrogen and oxygen atoms in total. The Hall–Kier alpha value is -2.28. The Bertz CT molecular complexity index is 662. The minimum Gasteiger partial charge on any atom is -0.353 e. The van der Waals surface area contributed by atoms with Crippen molar-refractivity contribution >= 4 is 17.6 Å². The number of carbonyl (C=O) groups excluding carboxylic acids is 3. The Labute approximate surface area is 146 Å². The van der Waals surface area contributed by atoms with Crippen LogP contribution in [-0.4, -0.2) is 66.2 Å². The van der Waals surface area contributed by atoms with Gasteiger partial charge in [0.05, 0.1) is 13.1 Å². The molecule has 0 radical (unpaired) electrons. The Kier molecular flexibility index (Phi) is 5.43. The van der Waals surface area contributed by atoms with Crippen LogP contribution in [0.25, 0.3) is 0 Å². The number of nitrogens with zero attached hydrogens (tertiary/aromatic N) is 2. The van der Waals surface area contributed by atoms with E-state index in [0.29, 0.717) is 25.1 Å². The molecule has 2 aliphatic heterocycles. The number of hydrogen-bond donors (Lipinski definition) is 1. The van der Waals surface area contributed by atoms with Gasteiger partial charge in [0, 0.05) is 31.1 Å². The summed E-state index contributed by atoms with van der Waals surface area (Å²) < 4.78 is 13.0. The molecular weight excluding hydrogens is 325 g/mol. The van der Waals surface area contributed by atoms with Crippen molar-refractivity contribution in [1.29, 1.82) is 0 Å². The first-order chi connectivity index (χ1) is 12.0. The number of nitrogens with one attached hydrogen (secondary N) is 1. The highest BCUT2D eigenvalue weighted by Crippen LogP contribution is 2.22. The van der Waals surface area contributed by atoms with E-state index < -0.39 is 0 Å². The lowest BCUT2D eigenvalue weighted by atomic mass is 10.0. The predicted molar refractivity (Wildman–Crippen MR) is 89.5 cm³/mol. The Balaban J connectivity index is 1.56. The van der Waals surface area contributed by atoms with Gasteiger partial charge in [0.15, 0.2) is 5.78 Å². The summed E-state index contributed by atoms with van der Waals surface area (Å²) in [5.74, 6) is -0.614. The molecule has 0 bridgehead atoms. The fourth-order valence-corrected chi connectivity index (χ4v) is 3.43. The van der Waals surface area contributed by atoms with Crippen molar-refractivity contribution in [2.45, 2.75) is 25.3 Å². The predicted octanol–water partition coefficient (Wildman–Crippen LogP) is 0.821. The maximum Gasteiger partial charge on any atom is 0.239 e. The van der Waals surface area contributed by atoms with Crippen molar-refractivity contribution in [3.05, 3.63) is 35.6 Å². The summed E-state index contributed by atoms with van der Waals surface area (Å²) >= 11 is 0. The molecule has 0 spiro atoms. The number of amides is 2. The topological polar surface area (TPSA) is 69.7 Å². The second kappa shape index (κ2) is 7.74. The molecule has 0 aliphatic carbocycles. The van der Waals surface area contributed by atoms with Crippen molar-refractivity contribution in [2.24, 2.45) is 0 Å². The van der Waals surface area contributed by atoms with Gasteiger partial charge < -0.3 is 10.2 Å². The molecule has 3 rings (SSSR count). The number of hydrogen-bond acceptors (Lipinski definition) is 4. The van der Waals surface area contributed by atoms with Crippen LogP contribution in [0.4, 0.5) is 4.39 Å². The Morgan fingerprint density at radius 2 is 1.96 bits per heavy atom. The SMILES string of the molecule is O=C1CN(C(=O)CN2CCC[C@H]2CC(=O)c2ccc(F)cc2)CCN1. The van der Waals surface area contributed by atoms with Gasteiger partial charge in [-0.25, -0.2) is 4.39 Å².